The second-order valence-corrected chi connectivity index (χ2v) is 6.03. The van der Waals surface area contributed by atoms with Gasteiger partial charge >= 0.3 is 0 Å². The molecule has 1 atom stereocenters. The van der Waals surface area contributed by atoms with Gasteiger partial charge in [0.1, 0.15) is 0 Å². The molecule has 3 rings (SSSR count). The lowest BCUT2D eigenvalue weighted by molar-refractivity contribution is 0.100. The lowest BCUT2D eigenvalue weighted by Crippen LogP contribution is -2.17. The van der Waals surface area contributed by atoms with Crippen LogP contribution in [0.25, 0.3) is 10.9 Å². The van der Waals surface area contributed by atoms with Crippen LogP contribution in [0, 0.1) is 18.3 Å². The number of benzene rings is 2. The van der Waals surface area contributed by atoms with E-state index in [9.17, 15) is 4.79 Å². The van der Waals surface area contributed by atoms with Gasteiger partial charge in [-0.15, -0.1) is 0 Å². The zero-order chi connectivity index (χ0) is 18.0. The first-order valence-electron chi connectivity index (χ1n) is 7.95. The fourth-order valence-corrected chi connectivity index (χ4v) is 2.76. The van der Waals surface area contributed by atoms with E-state index in [0.29, 0.717) is 27.7 Å². The third kappa shape index (κ3) is 3.29. The lowest BCUT2D eigenvalue weighted by atomic mass is 10.0. The number of aromatic nitrogens is 1. The lowest BCUT2D eigenvalue weighted by Gasteiger charge is -2.19. The molecule has 0 spiro atoms. The summed E-state index contributed by atoms with van der Waals surface area (Å²) in [6.07, 6.45) is 1.47. The molecule has 5 heteroatoms. The normalized spacial score (nSPS) is 11.7. The molecular formula is C20H18N4O. The molecule has 0 unspecified atom stereocenters. The number of aryl methyl sites for hydroxylation is 1. The molecule has 1 heterocycles. The molecule has 0 saturated heterocycles. The van der Waals surface area contributed by atoms with E-state index in [4.69, 9.17) is 11.0 Å². The fraction of sp³-hybridized carbons (Fsp3) is 0.150. The van der Waals surface area contributed by atoms with Gasteiger partial charge < -0.3 is 11.1 Å². The maximum Gasteiger partial charge on any atom is 0.252 e. The Bertz CT molecular complexity index is 987. The van der Waals surface area contributed by atoms with Gasteiger partial charge in [-0.3, -0.25) is 9.78 Å². The Labute approximate surface area is 146 Å². The Morgan fingerprint density at radius 2 is 1.96 bits per heavy atom. The molecule has 124 valence electrons. The SMILES string of the molecule is Cc1ccc([C@@H](C)Nc2c(C(N)=O)cnc3ccc(C#N)cc23)cc1. The number of nitrogens with two attached hydrogens (primary N) is 1. The molecule has 1 amide bonds. The van der Waals surface area contributed by atoms with Crippen LogP contribution in [-0.4, -0.2) is 10.9 Å². The number of rotatable bonds is 4. The maximum atomic E-state index is 11.9. The molecule has 3 N–H and O–H groups in total. The zero-order valence-corrected chi connectivity index (χ0v) is 14.1. The highest BCUT2D eigenvalue weighted by molar-refractivity contribution is 6.06. The van der Waals surface area contributed by atoms with Gasteiger partial charge in [-0.2, -0.15) is 5.26 Å². The van der Waals surface area contributed by atoms with Crippen LogP contribution in [0.1, 0.15) is 40.0 Å². The monoisotopic (exact) mass is 330 g/mol. The highest BCUT2D eigenvalue weighted by Gasteiger charge is 2.16. The standard InChI is InChI=1S/C20H18N4O/c1-12-3-6-15(7-4-12)13(2)24-19-16-9-14(10-21)5-8-18(16)23-11-17(19)20(22)25/h3-9,11,13H,1-2H3,(H2,22,25)(H,23,24)/t13-/m1/s1. The van der Waals surface area contributed by atoms with Crippen LogP contribution in [-0.2, 0) is 0 Å². The summed E-state index contributed by atoms with van der Waals surface area (Å²) >= 11 is 0. The number of primary amides is 1. The first kappa shape index (κ1) is 16.5. The number of carbonyl (C=O) groups excluding carboxylic acids is 1. The Kier molecular flexibility index (Phi) is 4.36. The first-order chi connectivity index (χ1) is 12.0. The van der Waals surface area contributed by atoms with Gasteiger partial charge in [-0.1, -0.05) is 29.8 Å². The van der Waals surface area contributed by atoms with E-state index in [1.165, 1.54) is 11.8 Å². The molecule has 25 heavy (non-hydrogen) atoms. The smallest absolute Gasteiger partial charge is 0.252 e. The highest BCUT2D eigenvalue weighted by Crippen LogP contribution is 2.30. The van der Waals surface area contributed by atoms with Crippen LogP contribution in [0.4, 0.5) is 5.69 Å². The Hall–Kier alpha value is -3.39. The van der Waals surface area contributed by atoms with Crippen molar-refractivity contribution in [3.63, 3.8) is 0 Å². The van der Waals surface area contributed by atoms with Crippen LogP contribution in [0.5, 0.6) is 0 Å². The molecule has 0 aliphatic carbocycles. The second kappa shape index (κ2) is 6.62. The highest BCUT2D eigenvalue weighted by atomic mass is 16.1. The van der Waals surface area contributed by atoms with Crippen molar-refractivity contribution in [1.29, 1.82) is 5.26 Å². The molecule has 0 fully saturated rings. The quantitative estimate of drug-likeness (QED) is 0.763. The van der Waals surface area contributed by atoms with Crippen LogP contribution in [0.15, 0.2) is 48.7 Å². The van der Waals surface area contributed by atoms with Crippen molar-refractivity contribution in [3.05, 3.63) is 70.9 Å². The average molecular weight is 330 g/mol. The number of fused-ring (bicyclic) bond motifs is 1. The van der Waals surface area contributed by atoms with Gasteiger partial charge in [0.05, 0.1) is 28.4 Å². The largest absolute Gasteiger partial charge is 0.377 e. The van der Waals surface area contributed by atoms with Crippen molar-refractivity contribution in [3.8, 4) is 6.07 Å². The molecule has 0 aliphatic rings. The molecule has 0 bridgehead atoms. The van der Waals surface area contributed by atoms with Crippen molar-refractivity contribution in [2.24, 2.45) is 5.73 Å². The average Bonchev–Trinajstić information content (AvgIpc) is 2.61. The summed E-state index contributed by atoms with van der Waals surface area (Å²) < 4.78 is 0. The van der Waals surface area contributed by atoms with E-state index < -0.39 is 5.91 Å². The summed E-state index contributed by atoms with van der Waals surface area (Å²) in [6, 6.07) is 15.4. The number of amides is 1. The van der Waals surface area contributed by atoms with E-state index in [1.807, 2.05) is 38.1 Å². The van der Waals surface area contributed by atoms with Gasteiger partial charge in [0.2, 0.25) is 0 Å². The predicted octanol–water partition coefficient (Wildman–Crippen LogP) is 3.69. The molecule has 0 saturated carbocycles. The third-order valence-corrected chi connectivity index (χ3v) is 4.20. The summed E-state index contributed by atoms with van der Waals surface area (Å²) in [5, 5.41) is 13.2. The van der Waals surface area contributed by atoms with Gasteiger partial charge in [-0.05, 0) is 37.6 Å². The molecule has 5 nitrogen and oxygen atoms in total. The van der Waals surface area contributed by atoms with E-state index in [1.54, 1.807) is 18.2 Å². The number of carbonyl (C=O) groups is 1. The predicted molar refractivity (Wildman–Crippen MR) is 98.2 cm³/mol. The minimum absolute atomic E-state index is 0.0463. The summed E-state index contributed by atoms with van der Waals surface area (Å²) in [7, 11) is 0. The summed E-state index contributed by atoms with van der Waals surface area (Å²) in [5.74, 6) is -0.560. The fourth-order valence-electron chi connectivity index (χ4n) is 2.76. The number of hydrogen-bond donors (Lipinski definition) is 2. The van der Waals surface area contributed by atoms with Gasteiger partial charge in [0.25, 0.3) is 5.91 Å². The van der Waals surface area contributed by atoms with Crippen molar-refractivity contribution in [1.82, 2.24) is 4.98 Å². The first-order valence-corrected chi connectivity index (χ1v) is 7.95. The number of nitrogens with zero attached hydrogens (tertiary/aromatic N) is 2. The second-order valence-electron chi connectivity index (χ2n) is 6.03. The zero-order valence-electron chi connectivity index (χ0n) is 14.1. The number of hydrogen-bond acceptors (Lipinski definition) is 4. The van der Waals surface area contributed by atoms with Crippen LogP contribution < -0.4 is 11.1 Å². The molecular weight excluding hydrogens is 312 g/mol. The minimum atomic E-state index is -0.560. The van der Waals surface area contributed by atoms with E-state index >= 15 is 0 Å². The topological polar surface area (TPSA) is 91.8 Å². The molecule has 1 aromatic heterocycles. The molecule has 0 aliphatic heterocycles. The minimum Gasteiger partial charge on any atom is -0.377 e. The van der Waals surface area contributed by atoms with Crippen molar-refractivity contribution < 1.29 is 4.79 Å². The van der Waals surface area contributed by atoms with Gasteiger partial charge in [0.15, 0.2) is 0 Å². The van der Waals surface area contributed by atoms with Crippen LogP contribution in [0.2, 0.25) is 0 Å². The molecule has 3 aromatic rings. The summed E-state index contributed by atoms with van der Waals surface area (Å²) in [4.78, 5) is 16.1. The Morgan fingerprint density at radius 3 is 2.60 bits per heavy atom. The van der Waals surface area contributed by atoms with E-state index in [0.717, 1.165) is 5.56 Å². The van der Waals surface area contributed by atoms with E-state index in [-0.39, 0.29) is 6.04 Å². The number of pyridine rings is 1. The van der Waals surface area contributed by atoms with Crippen molar-refractivity contribution in [2.75, 3.05) is 5.32 Å². The van der Waals surface area contributed by atoms with Crippen LogP contribution in [0.3, 0.4) is 0 Å². The molecule has 0 radical (unpaired) electrons. The summed E-state index contributed by atoms with van der Waals surface area (Å²) in [5.41, 5.74) is 9.90. The Balaban J connectivity index is 2.11. The third-order valence-electron chi connectivity index (χ3n) is 4.20. The molecule has 2 aromatic carbocycles. The maximum absolute atomic E-state index is 11.9. The summed E-state index contributed by atoms with van der Waals surface area (Å²) in [6.45, 7) is 4.04. The van der Waals surface area contributed by atoms with Gasteiger partial charge in [0, 0.05) is 17.6 Å². The van der Waals surface area contributed by atoms with Crippen molar-refractivity contribution in [2.45, 2.75) is 19.9 Å². The number of nitrogens with one attached hydrogen (secondary N) is 1. The number of nitriles is 1. The van der Waals surface area contributed by atoms with Gasteiger partial charge in [-0.25, -0.2) is 0 Å². The van der Waals surface area contributed by atoms with Crippen LogP contribution >= 0.6 is 0 Å². The van der Waals surface area contributed by atoms with E-state index in [2.05, 4.69) is 16.4 Å². The Morgan fingerprint density at radius 1 is 1.24 bits per heavy atom. The number of anilines is 1. The van der Waals surface area contributed by atoms with Crippen molar-refractivity contribution >= 4 is 22.5 Å².